The standard InChI is InChI=1S/C14H11Cl2F/c15-12-7-5-10(6-8-12)13(16)9-11-3-1-2-4-14(11)17/h1-8,13H,9H2. The second kappa shape index (κ2) is 5.52. The Bertz CT molecular complexity index is 494. The van der Waals surface area contributed by atoms with E-state index in [2.05, 4.69) is 0 Å². The molecule has 0 bridgehead atoms. The highest BCUT2D eigenvalue weighted by Crippen LogP contribution is 2.26. The summed E-state index contributed by atoms with van der Waals surface area (Å²) in [7, 11) is 0. The lowest BCUT2D eigenvalue weighted by Gasteiger charge is -2.10. The van der Waals surface area contributed by atoms with E-state index in [0.717, 1.165) is 5.56 Å². The Labute approximate surface area is 110 Å². The molecule has 1 unspecified atom stereocenters. The van der Waals surface area contributed by atoms with Crippen LogP contribution in [0.3, 0.4) is 0 Å². The molecule has 2 aromatic rings. The zero-order chi connectivity index (χ0) is 12.3. The van der Waals surface area contributed by atoms with Gasteiger partial charge in [-0.15, -0.1) is 11.6 Å². The van der Waals surface area contributed by atoms with Gasteiger partial charge in [-0.25, -0.2) is 4.39 Å². The fraction of sp³-hybridized carbons (Fsp3) is 0.143. The van der Waals surface area contributed by atoms with Gasteiger partial charge in [-0.05, 0) is 35.7 Å². The van der Waals surface area contributed by atoms with Crippen molar-refractivity contribution in [1.29, 1.82) is 0 Å². The van der Waals surface area contributed by atoms with E-state index in [1.54, 1.807) is 24.3 Å². The first-order valence-electron chi connectivity index (χ1n) is 5.30. The van der Waals surface area contributed by atoms with Gasteiger partial charge in [-0.3, -0.25) is 0 Å². The Kier molecular flexibility index (Phi) is 4.03. The number of hydrogen-bond acceptors (Lipinski definition) is 0. The van der Waals surface area contributed by atoms with Gasteiger partial charge >= 0.3 is 0 Å². The molecule has 0 aliphatic heterocycles. The normalized spacial score (nSPS) is 12.4. The van der Waals surface area contributed by atoms with Gasteiger partial charge in [0.2, 0.25) is 0 Å². The highest BCUT2D eigenvalue weighted by atomic mass is 35.5. The average molecular weight is 269 g/mol. The van der Waals surface area contributed by atoms with Crippen molar-refractivity contribution in [3.05, 3.63) is 70.5 Å². The summed E-state index contributed by atoms with van der Waals surface area (Å²) < 4.78 is 13.5. The van der Waals surface area contributed by atoms with Gasteiger partial charge < -0.3 is 0 Å². The molecule has 2 rings (SSSR count). The van der Waals surface area contributed by atoms with Crippen LogP contribution in [0.1, 0.15) is 16.5 Å². The number of rotatable bonds is 3. The van der Waals surface area contributed by atoms with Gasteiger partial charge in [0.25, 0.3) is 0 Å². The molecule has 0 aromatic heterocycles. The van der Waals surface area contributed by atoms with Crippen molar-refractivity contribution >= 4 is 23.2 Å². The smallest absolute Gasteiger partial charge is 0.126 e. The summed E-state index contributed by atoms with van der Waals surface area (Å²) in [4.78, 5) is 0. The first-order chi connectivity index (χ1) is 8.16. The molecule has 0 spiro atoms. The number of hydrogen-bond donors (Lipinski definition) is 0. The monoisotopic (exact) mass is 268 g/mol. The predicted octanol–water partition coefficient (Wildman–Crippen LogP) is 5.00. The van der Waals surface area contributed by atoms with Crippen molar-refractivity contribution in [3.63, 3.8) is 0 Å². The summed E-state index contributed by atoms with van der Waals surface area (Å²) in [6.45, 7) is 0. The quantitative estimate of drug-likeness (QED) is 0.688. The largest absolute Gasteiger partial charge is 0.207 e. The Morgan fingerprint density at radius 1 is 1.00 bits per heavy atom. The summed E-state index contributed by atoms with van der Waals surface area (Å²) in [6, 6.07) is 14.0. The van der Waals surface area contributed by atoms with E-state index in [9.17, 15) is 4.39 Å². The van der Waals surface area contributed by atoms with Crippen LogP contribution in [0.5, 0.6) is 0 Å². The van der Waals surface area contributed by atoms with Crippen LogP contribution in [-0.4, -0.2) is 0 Å². The van der Waals surface area contributed by atoms with Crippen LogP contribution in [0.15, 0.2) is 48.5 Å². The van der Waals surface area contributed by atoms with E-state index in [0.29, 0.717) is 17.0 Å². The average Bonchev–Trinajstić information content (AvgIpc) is 2.33. The molecule has 0 amide bonds. The SMILES string of the molecule is Fc1ccccc1CC(Cl)c1ccc(Cl)cc1. The highest BCUT2D eigenvalue weighted by molar-refractivity contribution is 6.30. The molecule has 88 valence electrons. The minimum absolute atomic E-state index is 0.216. The van der Waals surface area contributed by atoms with Crippen molar-refractivity contribution in [2.75, 3.05) is 0 Å². The number of alkyl halides is 1. The summed E-state index contributed by atoms with van der Waals surface area (Å²) in [5.74, 6) is -0.216. The van der Waals surface area contributed by atoms with E-state index in [-0.39, 0.29) is 11.2 Å². The molecule has 0 saturated carbocycles. The maximum absolute atomic E-state index is 13.5. The van der Waals surface area contributed by atoms with Gasteiger partial charge in [-0.1, -0.05) is 41.9 Å². The first kappa shape index (κ1) is 12.4. The van der Waals surface area contributed by atoms with Crippen molar-refractivity contribution < 1.29 is 4.39 Å². The molecule has 17 heavy (non-hydrogen) atoms. The first-order valence-corrected chi connectivity index (χ1v) is 6.11. The van der Waals surface area contributed by atoms with E-state index in [4.69, 9.17) is 23.2 Å². The van der Waals surface area contributed by atoms with Gasteiger partial charge in [0.15, 0.2) is 0 Å². The number of benzene rings is 2. The Balaban J connectivity index is 2.14. The van der Waals surface area contributed by atoms with Crippen LogP contribution in [0.2, 0.25) is 5.02 Å². The van der Waals surface area contributed by atoms with Crippen LogP contribution in [0, 0.1) is 5.82 Å². The van der Waals surface area contributed by atoms with Crippen LogP contribution < -0.4 is 0 Å². The van der Waals surface area contributed by atoms with Crippen LogP contribution >= 0.6 is 23.2 Å². The topological polar surface area (TPSA) is 0 Å². The Hall–Kier alpha value is -1.05. The third-order valence-electron chi connectivity index (χ3n) is 2.59. The van der Waals surface area contributed by atoms with Crippen LogP contribution in [-0.2, 0) is 6.42 Å². The molecule has 0 saturated heterocycles. The Morgan fingerprint density at radius 3 is 2.29 bits per heavy atom. The van der Waals surface area contributed by atoms with E-state index in [1.165, 1.54) is 6.07 Å². The fourth-order valence-electron chi connectivity index (χ4n) is 1.65. The van der Waals surface area contributed by atoms with Crippen molar-refractivity contribution in [2.24, 2.45) is 0 Å². The molecular formula is C14H11Cl2F. The molecule has 0 heterocycles. The predicted molar refractivity (Wildman–Crippen MR) is 70.2 cm³/mol. The maximum Gasteiger partial charge on any atom is 0.126 e. The van der Waals surface area contributed by atoms with Crippen molar-refractivity contribution in [3.8, 4) is 0 Å². The van der Waals surface area contributed by atoms with Gasteiger partial charge in [0.05, 0.1) is 5.38 Å². The molecule has 0 radical (unpaired) electrons. The van der Waals surface area contributed by atoms with Crippen LogP contribution in [0.25, 0.3) is 0 Å². The summed E-state index contributed by atoms with van der Waals surface area (Å²) >= 11 is 12.1. The molecule has 2 aromatic carbocycles. The molecular weight excluding hydrogens is 258 g/mol. The summed E-state index contributed by atoms with van der Waals surface area (Å²) in [5, 5.41) is 0.424. The third kappa shape index (κ3) is 3.21. The molecule has 0 nitrogen and oxygen atoms in total. The summed E-state index contributed by atoms with van der Waals surface area (Å²) in [6.07, 6.45) is 0.468. The van der Waals surface area contributed by atoms with Gasteiger partial charge in [0.1, 0.15) is 5.82 Å². The number of halogens is 3. The van der Waals surface area contributed by atoms with E-state index >= 15 is 0 Å². The third-order valence-corrected chi connectivity index (χ3v) is 3.25. The van der Waals surface area contributed by atoms with E-state index in [1.807, 2.05) is 18.2 Å². The molecule has 0 N–H and O–H groups in total. The minimum atomic E-state index is -0.246. The molecule has 3 heteroatoms. The summed E-state index contributed by atoms with van der Waals surface area (Å²) in [5.41, 5.74) is 1.57. The van der Waals surface area contributed by atoms with Gasteiger partial charge in [-0.2, -0.15) is 0 Å². The van der Waals surface area contributed by atoms with Gasteiger partial charge in [0, 0.05) is 5.02 Å². The highest BCUT2D eigenvalue weighted by Gasteiger charge is 2.11. The maximum atomic E-state index is 13.5. The zero-order valence-corrected chi connectivity index (χ0v) is 10.5. The lowest BCUT2D eigenvalue weighted by molar-refractivity contribution is 0.607. The lowest BCUT2D eigenvalue weighted by Crippen LogP contribution is -1.98. The second-order valence-corrected chi connectivity index (χ2v) is 4.78. The van der Waals surface area contributed by atoms with E-state index < -0.39 is 0 Å². The zero-order valence-electron chi connectivity index (χ0n) is 9.04. The molecule has 1 atom stereocenters. The Morgan fingerprint density at radius 2 is 1.65 bits per heavy atom. The second-order valence-electron chi connectivity index (χ2n) is 3.81. The molecule has 0 aliphatic rings. The molecule has 0 aliphatic carbocycles. The van der Waals surface area contributed by atoms with Crippen LogP contribution in [0.4, 0.5) is 4.39 Å². The lowest BCUT2D eigenvalue weighted by atomic mass is 10.0. The fourth-order valence-corrected chi connectivity index (χ4v) is 2.08. The molecule has 0 fully saturated rings. The van der Waals surface area contributed by atoms with Crippen molar-refractivity contribution in [2.45, 2.75) is 11.8 Å². The van der Waals surface area contributed by atoms with Crippen molar-refractivity contribution in [1.82, 2.24) is 0 Å². The minimum Gasteiger partial charge on any atom is -0.207 e.